The summed E-state index contributed by atoms with van der Waals surface area (Å²) in [7, 11) is 2.15. The van der Waals surface area contributed by atoms with Gasteiger partial charge >= 0.3 is 0 Å². The van der Waals surface area contributed by atoms with Crippen LogP contribution in [0.1, 0.15) is 12.5 Å². The Labute approximate surface area is 107 Å². The number of likely N-dealkylation sites (N-methyl/N-ethyl adjacent to an activating group) is 1. The minimum atomic E-state index is 0.439. The number of hydrogen-bond donors (Lipinski definition) is 1. The third-order valence-corrected chi connectivity index (χ3v) is 3.59. The molecule has 0 bridgehead atoms. The predicted molar refractivity (Wildman–Crippen MR) is 74.4 cm³/mol. The molecule has 1 saturated heterocycles. The van der Waals surface area contributed by atoms with E-state index in [1.54, 1.807) is 6.20 Å². The average molecular weight is 250 g/mol. The highest BCUT2D eigenvalue weighted by Crippen LogP contribution is 2.22. The molecule has 1 fully saturated rings. The van der Waals surface area contributed by atoms with Crippen LogP contribution in [-0.4, -0.2) is 47.6 Å². The van der Waals surface area contributed by atoms with E-state index < -0.39 is 0 Å². The minimum Gasteiger partial charge on any atom is -0.389 e. The molecule has 17 heavy (non-hydrogen) atoms. The fraction of sp³-hybridized carbons (Fsp3) is 0.500. The van der Waals surface area contributed by atoms with Gasteiger partial charge in [-0.05, 0) is 20.0 Å². The van der Waals surface area contributed by atoms with Crippen LogP contribution in [0.2, 0.25) is 0 Å². The topological polar surface area (TPSA) is 45.4 Å². The number of thiocarbonyl (C=S) groups is 1. The van der Waals surface area contributed by atoms with Crippen molar-refractivity contribution in [3.05, 3.63) is 24.0 Å². The highest BCUT2D eigenvalue weighted by atomic mass is 32.1. The molecule has 2 heterocycles. The summed E-state index contributed by atoms with van der Waals surface area (Å²) in [5.41, 5.74) is 7.73. The van der Waals surface area contributed by atoms with Gasteiger partial charge in [0, 0.05) is 37.4 Å². The lowest BCUT2D eigenvalue weighted by molar-refractivity contribution is 0.234. The van der Waals surface area contributed by atoms with Crippen molar-refractivity contribution >= 4 is 22.9 Å². The third-order valence-electron chi connectivity index (χ3n) is 3.37. The highest BCUT2D eigenvalue weighted by Gasteiger charge is 2.22. The van der Waals surface area contributed by atoms with E-state index in [0.717, 1.165) is 30.9 Å². The molecule has 1 aliphatic heterocycles. The molecular weight excluding hydrogens is 232 g/mol. The third kappa shape index (κ3) is 2.56. The van der Waals surface area contributed by atoms with Crippen molar-refractivity contribution in [2.75, 3.05) is 31.6 Å². The van der Waals surface area contributed by atoms with Crippen LogP contribution >= 0.6 is 12.2 Å². The SMILES string of the molecule is CC1CN(c2cnccc2C(N)=S)CCN1C. The molecule has 0 aliphatic carbocycles. The van der Waals surface area contributed by atoms with Crippen LogP contribution in [0.5, 0.6) is 0 Å². The second-order valence-corrected chi connectivity index (χ2v) is 4.97. The Kier molecular flexibility index (Phi) is 3.59. The molecule has 1 atom stereocenters. The first-order chi connectivity index (χ1) is 8.09. The molecule has 1 aromatic heterocycles. The standard InChI is InChI=1S/C12H18N4S/c1-9-8-16(6-5-15(9)2)11-7-14-4-3-10(11)12(13)17/h3-4,7,9H,5-6,8H2,1-2H3,(H2,13,17). The summed E-state index contributed by atoms with van der Waals surface area (Å²) in [5, 5.41) is 0. The van der Waals surface area contributed by atoms with E-state index >= 15 is 0 Å². The molecule has 0 spiro atoms. The predicted octanol–water partition coefficient (Wildman–Crippen LogP) is 0.856. The molecule has 0 saturated carbocycles. The van der Waals surface area contributed by atoms with E-state index in [9.17, 15) is 0 Å². The van der Waals surface area contributed by atoms with Gasteiger partial charge in [-0.25, -0.2) is 0 Å². The first kappa shape index (κ1) is 12.3. The zero-order valence-electron chi connectivity index (χ0n) is 10.3. The number of anilines is 1. The fourth-order valence-electron chi connectivity index (χ4n) is 2.11. The van der Waals surface area contributed by atoms with E-state index in [2.05, 4.69) is 28.8 Å². The van der Waals surface area contributed by atoms with E-state index in [4.69, 9.17) is 18.0 Å². The van der Waals surface area contributed by atoms with Crippen molar-refractivity contribution in [3.8, 4) is 0 Å². The maximum absolute atomic E-state index is 5.75. The molecule has 4 nitrogen and oxygen atoms in total. The molecule has 1 aromatic rings. The van der Waals surface area contributed by atoms with Crippen LogP contribution in [0.4, 0.5) is 5.69 Å². The number of piperazine rings is 1. The van der Waals surface area contributed by atoms with Crippen LogP contribution in [0, 0.1) is 0 Å². The Morgan fingerprint density at radius 1 is 1.53 bits per heavy atom. The van der Waals surface area contributed by atoms with Gasteiger partial charge in [-0.1, -0.05) is 12.2 Å². The summed E-state index contributed by atoms with van der Waals surface area (Å²) in [6.45, 7) is 5.25. The summed E-state index contributed by atoms with van der Waals surface area (Å²) in [4.78, 5) is 9.28. The maximum atomic E-state index is 5.75. The molecule has 1 unspecified atom stereocenters. The van der Waals surface area contributed by atoms with Gasteiger partial charge in [0.05, 0.1) is 11.9 Å². The van der Waals surface area contributed by atoms with Crippen LogP contribution in [-0.2, 0) is 0 Å². The summed E-state index contributed by atoms with van der Waals surface area (Å²) in [6.07, 6.45) is 3.59. The Bertz CT molecular complexity index is 421. The first-order valence-electron chi connectivity index (χ1n) is 5.78. The molecule has 0 radical (unpaired) electrons. The quantitative estimate of drug-likeness (QED) is 0.789. The number of nitrogens with zero attached hydrogens (tertiary/aromatic N) is 3. The molecule has 0 aromatic carbocycles. The minimum absolute atomic E-state index is 0.439. The molecule has 2 N–H and O–H groups in total. The van der Waals surface area contributed by atoms with E-state index in [1.807, 2.05) is 12.3 Å². The van der Waals surface area contributed by atoms with Crippen molar-refractivity contribution in [3.63, 3.8) is 0 Å². The monoisotopic (exact) mass is 250 g/mol. The van der Waals surface area contributed by atoms with Crippen molar-refractivity contribution in [1.29, 1.82) is 0 Å². The second kappa shape index (κ2) is 4.98. The van der Waals surface area contributed by atoms with Crippen molar-refractivity contribution < 1.29 is 0 Å². The molecule has 1 aliphatic rings. The smallest absolute Gasteiger partial charge is 0.106 e. The Balaban J connectivity index is 2.25. The first-order valence-corrected chi connectivity index (χ1v) is 6.19. The van der Waals surface area contributed by atoms with E-state index in [-0.39, 0.29) is 0 Å². The maximum Gasteiger partial charge on any atom is 0.106 e. The highest BCUT2D eigenvalue weighted by molar-refractivity contribution is 7.80. The summed E-state index contributed by atoms with van der Waals surface area (Å²) in [5.74, 6) is 0. The van der Waals surface area contributed by atoms with Crippen LogP contribution in [0.3, 0.4) is 0 Å². The molecular formula is C12H18N4S. The lowest BCUT2D eigenvalue weighted by atomic mass is 10.1. The summed E-state index contributed by atoms with van der Waals surface area (Å²) >= 11 is 5.08. The van der Waals surface area contributed by atoms with Gasteiger partial charge in [0.2, 0.25) is 0 Å². The van der Waals surface area contributed by atoms with Crippen molar-refractivity contribution in [2.24, 2.45) is 5.73 Å². The van der Waals surface area contributed by atoms with Crippen LogP contribution in [0.25, 0.3) is 0 Å². The number of rotatable bonds is 2. The van der Waals surface area contributed by atoms with Gasteiger partial charge in [0.1, 0.15) is 4.99 Å². The number of hydrogen-bond acceptors (Lipinski definition) is 4. The molecule has 0 amide bonds. The Morgan fingerprint density at radius 3 is 2.94 bits per heavy atom. The van der Waals surface area contributed by atoms with Gasteiger partial charge < -0.3 is 15.5 Å². The largest absolute Gasteiger partial charge is 0.389 e. The zero-order chi connectivity index (χ0) is 12.4. The van der Waals surface area contributed by atoms with Gasteiger partial charge in [0.25, 0.3) is 0 Å². The fourth-order valence-corrected chi connectivity index (χ4v) is 2.29. The van der Waals surface area contributed by atoms with Crippen LogP contribution < -0.4 is 10.6 Å². The van der Waals surface area contributed by atoms with Crippen LogP contribution in [0.15, 0.2) is 18.5 Å². The molecule has 92 valence electrons. The Morgan fingerprint density at radius 2 is 2.29 bits per heavy atom. The zero-order valence-corrected chi connectivity index (χ0v) is 11.1. The number of nitrogens with two attached hydrogens (primary N) is 1. The average Bonchev–Trinajstić information content (AvgIpc) is 2.32. The summed E-state index contributed by atoms with van der Waals surface area (Å²) < 4.78 is 0. The molecule has 2 rings (SSSR count). The van der Waals surface area contributed by atoms with E-state index in [1.165, 1.54) is 0 Å². The van der Waals surface area contributed by atoms with Gasteiger partial charge in [-0.15, -0.1) is 0 Å². The van der Waals surface area contributed by atoms with Gasteiger partial charge in [-0.2, -0.15) is 0 Å². The van der Waals surface area contributed by atoms with Gasteiger partial charge in [-0.3, -0.25) is 4.98 Å². The normalized spacial score (nSPS) is 21.5. The summed E-state index contributed by atoms with van der Waals surface area (Å²) in [6, 6.07) is 2.42. The number of pyridine rings is 1. The van der Waals surface area contributed by atoms with Crippen molar-refractivity contribution in [2.45, 2.75) is 13.0 Å². The second-order valence-electron chi connectivity index (χ2n) is 4.53. The lowest BCUT2D eigenvalue weighted by Gasteiger charge is -2.39. The van der Waals surface area contributed by atoms with Gasteiger partial charge in [0.15, 0.2) is 0 Å². The molecule has 5 heteroatoms. The van der Waals surface area contributed by atoms with E-state index in [0.29, 0.717) is 11.0 Å². The van der Waals surface area contributed by atoms with Crippen molar-refractivity contribution in [1.82, 2.24) is 9.88 Å². The lowest BCUT2D eigenvalue weighted by Crippen LogP contribution is -2.50. The number of aromatic nitrogens is 1. The Hall–Kier alpha value is -1.20.